The first-order chi connectivity index (χ1) is 4.61. The Balaban J connectivity index is 3.28. The van der Waals surface area contributed by atoms with Gasteiger partial charge in [0.2, 0.25) is 0 Å². The summed E-state index contributed by atoms with van der Waals surface area (Å²) in [4.78, 5) is 0. The van der Waals surface area contributed by atoms with Crippen LogP contribution in [0.25, 0.3) is 0 Å². The molecule has 0 N–H and O–H groups in total. The summed E-state index contributed by atoms with van der Waals surface area (Å²) in [5.41, 5.74) is -0.460. The lowest BCUT2D eigenvalue weighted by atomic mass is 9.88. The molecule has 4 radical (unpaired) electrons. The van der Waals surface area contributed by atoms with Crippen molar-refractivity contribution in [1.82, 2.24) is 0 Å². The first-order valence-corrected chi connectivity index (χ1v) is 2.61. The van der Waals surface area contributed by atoms with Gasteiger partial charge in [-0.15, -0.1) is 0 Å². The van der Waals surface area contributed by atoms with Gasteiger partial charge in [-0.2, -0.15) is 0 Å². The molecule has 0 aliphatic carbocycles. The zero-order valence-electron chi connectivity index (χ0n) is 5.07. The van der Waals surface area contributed by atoms with E-state index in [0.717, 1.165) is 12.1 Å². The van der Waals surface area contributed by atoms with E-state index in [-0.39, 0.29) is 10.9 Å². The fraction of sp³-hybridized carbons (Fsp3) is 0. The Morgan fingerprint density at radius 2 is 1.20 bits per heavy atom. The van der Waals surface area contributed by atoms with Crippen LogP contribution >= 0.6 is 0 Å². The maximum atomic E-state index is 12.4. The summed E-state index contributed by atoms with van der Waals surface area (Å²) in [7, 11) is 10.0. The van der Waals surface area contributed by atoms with Gasteiger partial charge in [-0.3, -0.25) is 0 Å². The number of halogens is 2. The molecule has 0 nitrogen and oxygen atoms in total. The molecule has 0 heterocycles. The molecule has 1 rings (SSSR count). The van der Waals surface area contributed by atoms with Crippen LogP contribution in [0.4, 0.5) is 8.78 Å². The molecule has 0 fully saturated rings. The van der Waals surface area contributed by atoms with Crippen LogP contribution in [0.3, 0.4) is 0 Å². The Labute approximate surface area is 60.1 Å². The van der Waals surface area contributed by atoms with E-state index in [4.69, 9.17) is 15.7 Å². The Hall–Kier alpha value is -0.790. The van der Waals surface area contributed by atoms with Gasteiger partial charge in [0, 0.05) is 0 Å². The minimum Gasteiger partial charge on any atom is -0.208 e. The van der Waals surface area contributed by atoms with Crippen molar-refractivity contribution in [1.29, 1.82) is 0 Å². The highest BCUT2D eigenvalue weighted by Gasteiger charge is 2.00. The van der Waals surface area contributed by atoms with Crippen molar-refractivity contribution < 1.29 is 8.78 Å². The minimum absolute atomic E-state index is 0.230. The molecule has 0 spiro atoms. The Bertz CT molecular complexity index is 210. The van der Waals surface area contributed by atoms with Crippen molar-refractivity contribution in [3.63, 3.8) is 0 Å². The summed E-state index contributed by atoms with van der Waals surface area (Å²) >= 11 is 0. The standard InChI is InChI=1S/C6H2B2F2/c7-3-1-5(9)4(8)2-6(3)10/h1-2H. The number of benzene rings is 1. The van der Waals surface area contributed by atoms with Crippen LogP contribution in [0.15, 0.2) is 12.1 Å². The molecule has 0 atom stereocenters. The van der Waals surface area contributed by atoms with Gasteiger partial charge in [-0.1, -0.05) is 10.9 Å². The predicted octanol–water partition coefficient (Wildman–Crippen LogP) is -0.448. The smallest absolute Gasteiger partial charge is 0.118 e. The van der Waals surface area contributed by atoms with Crippen molar-refractivity contribution in [2.75, 3.05) is 0 Å². The predicted molar refractivity (Wildman–Crippen MR) is 37.1 cm³/mol. The summed E-state index contributed by atoms with van der Waals surface area (Å²) in [6.45, 7) is 0. The minimum atomic E-state index is -0.695. The molecule has 1 aromatic rings. The third kappa shape index (κ3) is 1.20. The van der Waals surface area contributed by atoms with Crippen molar-refractivity contribution in [2.24, 2.45) is 0 Å². The quantitative estimate of drug-likeness (QED) is 0.421. The lowest BCUT2D eigenvalue weighted by Crippen LogP contribution is -2.18. The van der Waals surface area contributed by atoms with Gasteiger partial charge in [0.15, 0.2) is 0 Å². The fourth-order valence-corrected chi connectivity index (χ4v) is 0.578. The van der Waals surface area contributed by atoms with Gasteiger partial charge in [-0.25, -0.2) is 8.78 Å². The van der Waals surface area contributed by atoms with E-state index in [1.807, 2.05) is 0 Å². The molecule has 10 heavy (non-hydrogen) atoms. The summed E-state index contributed by atoms with van der Waals surface area (Å²) in [5.74, 6) is -1.39. The van der Waals surface area contributed by atoms with Gasteiger partial charge < -0.3 is 0 Å². The Kier molecular flexibility index (Phi) is 1.79. The molecule has 4 heteroatoms. The van der Waals surface area contributed by atoms with Crippen LogP contribution in [0.1, 0.15) is 0 Å². The normalized spacial score (nSPS) is 9.80. The number of hydrogen-bond acceptors (Lipinski definition) is 0. The molecule has 0 bridgehead atoms. The van der Waals surface area contributed by atoms with Crippen molar-refractivity contribution >= 4 is 26.6 Å². The summed E-state index contributed by atoms with van der Waals surface area (Å²) in [6.07, 6.45) is 0. The van der Waals surface area contributed by atoms with E-state index in [0.29, 0.717) is 0 Å². The second kappa shape index (κ2) is 2.45. The van der Waals surface area contributed by atoms with Crippen LogP contribution in [0.2, 0.25) is 0 Å². The van der Waals surface area contributed by atoms with Crippen LogP contribution in [0, 0.1) is 11.6 Å². The second-order valence-electron chi connectivity index (χ2n) is 1.90. The van der Waals surface area contributed by atoms with Crippen LogP contribution in [0.5, 0.6) is 0 Å². The van der Waals surface area contributed by atoms with Crippen molar-refractivity contribution in [3.8, 4) is 0 Å². The molecule has 0 unspecified atom stereocenters. The molecule has 0 amide bonds. The maximum Gasteiger partial charge on any atom is 0.118 e. The Morgan fingerprint density at radius 1 is 0.900 bits per heavy atom. The molecular weight excluding hydrogens is 132 g/mol. The van der Waals surface area contributed by atoms with Crippen molar-refractivity contribution in [2.45, 2.75) is 0 Å². The van der Waals surface area contributed by atoms with E-state index in [1.165, 1.54) is 0 Å². The Morgan fingerprint density at radius 3 is 1.50 bits per heavy atom. The van der Waals surface area contributed by atoms with E-state index in [9.17, 15) is 8.78 Å². The van der Waals surface area contributed by atoms with E-state index >= 15 is 0 Å². The number of rotatable bonds is 0. The lowest BCUT2D eigenvalue weighted by molar-refractivity contribution is 0.614. The highest BCUT2D eigenvalue weighted by Crippen LogP contribution is 1.92. The van der Waals surface area contributed by atoms with Gasteiger partial charge in [-0.05, 0) is 12.1 Å². The van der Waals surface area contributed by atoms with Crippen LogP contribution in [-0.2, 0) is 0 Å². The van der Waals surface area contributed by atoms with Crippen LogP contribution in [-0.4, -0.2) is 15.7 Å². The monoisotopic (exact) mass is 134 g/mol. The average molecular weight is 134 g/mol. The SMILES string of the molecule is [B]c1cc(F)c([B])cc1F. The average Bonchev–Trinajstić information content (AvgIpc) is 1.84. The zero-order valence-corrected chi connectivity index (χ0v) is 5.07. The molecule has 0 saturated carbocycles. The zero-order chi connectivity index (χ0) is 7.72. The largest absolute Gasteiger partial charge is 0.208 e. The molecule has 1 aromatic carbocycles. The first kappa shape index (κ1) is 7.32. The third-order valence-electron chi connectivity index (χ3n) is 1.12. The molecular formula is C6H2B2F2. The summed E-state index contributed by atoms with van der Waals surface area (Å²) in [5, 5.41) is 0. The number of hydrogen-bond donors (Lipinski definition) is 0. The van der Waals surface area contributed by atoms with Gasteiger partial charge in [0.25, 0.3) is 0 Å². The highest BCUT2D eigenvalue weighted by atomic mass is 19.1. The molecule has 0 aromatic heterocycles. The summed E-state index contributed by atoms with van der Waals surface area (Å²) in [6, 6.07) is 1.70. The molecule has 0 aliphatic rings. The van der Waals surface area contributed by atoms with E-state index < -0.39 is 11.6 Å². The van der Waals surface area contributed by atoms with E-state index in [2.05, 4.69) is 0 Å². The summed E-state index contributed by atoms with van der Waals surface area (Å²) < 4.78 is 24.8. The molecule has 0 aliphatic heterocycles. The van der Waals surface area contributed by atoms with Gasteiger partial charge in [0.05, 0.1) is 0 Å². The second-order valence-corrected chi connectivity index (χ2v) is 1.90. The van der Waals surface area contributed by atoms with Crippen molar-refractivity contribution in [3.05, 3.63) is 23.8 Å². The molecule has 0 saturated heterocycles. The van der Waals surface area contributed by atoms with E-state index in [1.54, 1.807) is 0 Å². The lowest BCUT2D eigenvalue weighted by Gasteiger charge is -1.99. The molecule has 46 valence electrons. The third-order valence-corrected chi connectivity index (χ3v) is 1.12. The highest BCUT2D eigenvalue weighted by molar-refractivity contribution is 6.35. The first-order valence-electron chi connectivity index (χ1n) is 2.61. The fourth-order valence-electron chi connectivity index (χ4n) is 0.578. The maximum absolute atomic E-state index is 12.4. The van der Waals surface area contributed by atoms with Gasteiger partial charge >= 0.3 is 0 Å². The van der Waals surface area contributed by atoms with Gasteiger partial charge in [0.1, 0.15) is 27.3 Å². The topological polar surface area (TPSA) is 0 Å². The van der Waals surface area contributed by atoms with Crippen LogP contribution < -0.4 is 10.9 Å².